The molecule has 1 heterocycles. The van der Waals surface area contributed by atoms with E-state index >= 15 is 0 Å². The van der Waals surface area contributed by atoms with Gasteiger partial charge in [-0.05, 0) is 30.7 Å². The first-order valence-electron chi connectivity index (χ1n) is 8.37. The number of anilines is 1. The minimum Gasteiger partial charge on any atom is -0.496 e. The summed E-state index contributed by atoms with van der Waals surface area (Å²) in [5.74, 6) is 0.595. The van der Waals surface area contributed by atoms with Gasteiger partial charge in [0.05, 0.1) is 12.7 Å². The van der Waals surface area contributed by atoms with E-state index in [1.165, 1.54) is 0 Å². The Hall–Kier alpha value is -2.82. The van der Waals surface area contributed by atoms with Crippen LogP contribution in [0.4, 0.5) is 5.69 Å². The van der Waals surface area contributed by atoms with Crippen LogP contribution in [0.25, 0.3) is 0 Å². The van der Waals surface area contributed by atoms with Crippen LogP contribution < -0.4 is 15.0 Å². The molecule has 0 bridgehead atoms. The number of methoxy groups -OCH3 is 1. The summed E-state index contributed by atoms with van der Waals surface area (Å²) in [6.45, 7) is 2.97. The number of hydrogen-bond donors (Lipinski definition) is 1. The summed E-state index contributed by atoms with van der Waals surface area (Å²) in [6, 6.07) is 15.1. The fraction of sp³-hybridized carbons (Fsp3) is 0.300. The van der Waals surface area contributed by atoms with E-state index in [9.17, 15) is 9.59 Å². The first-order chi connectivity index (χ1) is 12.1. The molecule has 25 heavy (non-hydrogen) atoms. The van der Waals surface area contributed by atoms with Gasteiger partial charge in [0.1, 0.15) is 5.75 Å². The van der Waals surface area contributed by atoms with Gasteiger partial charge in [-0.3, -0.25) is 9.59 Å². The van der Waals surface area contributed by atoms with E-state index in [1.54, 1.807) is 18.1 Å². The first kappa shape index (κ1) is 17.0. The third-order valence-corrected chi connectivity index (χ3v) is 4.51. The van der Waals surface area contributed by atoms with E-state index in [0.717, 1.165) is 11.3 Å². The molecular weight excluding hydrogens is 316 g/mol. The molecule has 1 atom stereocenters. The summed E-state index contributed by atoms with van der Waals surface area (Å²) in [5, 5.41) is 2.95. The van der Waals surface area contributed by atoms with Crippen molar-refractivity contribution in [3.8, 4) is 5.75 Å². The number of aryl methyl sites for hydroxylation is 1. The van der Waals surface area contributed by atoms with Gasteiger partial charge in [-0.1, -0.05) is 30.3 Å². The van der Waals surface area contributed by atoms with Crippen LogP contribution in [0.2, 0.25) is 0 Å². The van der Waals surface area contributed by atoms with E-state index in [-0.39, 0.29) is 17.7 Å². The predicted molar refractivity (Wildman–Crippen MR) is 97.0 cm³/mol. The zero-order valence-corrected chi connectivity index (χ0v) is 14.5. The van der Waals surface area contributed by atoms with Gasteiger partial charge in [0.2, 0.25) is 5.91 Å². The summed E-state index contributed by atoms with van der Waals surface area (Å²) in [5.41, 5.74) is 2.32. The molecule has 1 fully saturated rings. The molecule has 1 aliphatic rings. The molecule has 0 aromatic heterocycles. The van der Waals surface area contributed by atoms with Gasteiger partial charge in [-0.15, -0.1) is 0 Å². The number of ether oxygens (including phenoxy) is 1. The van der Waals surface area contributed by atoms with Crippen LogP contribution in [-0.4, -0.2) is 32.0 Å². The molecule has 3 rings (SSSR count). The summed E-state index contributed by atoms with van der Waals surface area (Å²) < 4.78 is 5.29. The highest BCUT2D eigenvalue weighted by molar-refractivity contribution is 5.99. The van der Waals surface area contributed by atoms with E-state index in [4.69, 9.17) is 4.74 Å². The van der Waals surface area contributed by atoms with Crippen molar-refractivity contribution in [3.05, 3.63) is 59.7 Å². The van der Waals surface area contributed by atoms with Crippen molar-refractivity contribution in [2.75, 3.05) is 25.1 Å². The van der Waals surface area contributed by atoms with Crippen LogP contribution in [0.15, 0.2) is 48.5 Å². The molecule has 5 nitrogen and oxygen atoms in total. The number of carbonyl (C=O) groups is 2. The predicted octanol–water partition coefficient (Wildman–Crippen LogP) is 2.79. The van der Waals surface area contributed by atoms with E-state index < -0.39 is 0 Å². The number of nitrogens with one attached hydrogen (secondary N) is 1. The average Bonchev–Trinajstić information content (AvgIpc) is 3.01. The number of nitrogens with zero attached hydrogens (tertiary/aromatic N) is 1. The minimum absolute atomic E-state index is 0.0962. The number of amides is 2. The van der Waals surface area contributed by atoms with Gasteiger partial charge in [-0.2, -0.15) is 0 Å². The molecule has 0 spiro atoms. The van der Waals surface area contributed by atoms with Crippen LogP contribution in [-0.2, 0) is 4.79 Å². The van der Waals surface area contributed by atoms with Crippen molar-refractivity contribution in [1.29, 1.82) is 0 Å². The van der Waals surface area contributed by atoms with E-state index in [0.29, 0.717) is 30.8 Å². The molecule has 5 heteroatoms. The molecule has 2 amide bonds. The Morgan fingerprint density at radius 2 is 1.96 bits per heavy atom. The lowest BCUT2D eigenvalue weighted by Gasteiger charge is -2.17. The molecular formula is C20H22N2O3. The van der Waals surface area contributed by atoms with Crippen molar-refractivity contribution in [2.24, 2.45) is 5.92 Å². The lowest BCUT2D eigenvalue weighted by molar-refractivity contribution is -0.117. The maximum atomic E-state index is 12.5. The Balaban J connectivity index is 1.63. The number of benzene rings is 2. The number of rotatable bonds is 5. The van der Waals surface area contributed by atoms with Crippen LogP contribution in [0, 0.1) is 12.8 Å². The largest absolute Gasteiger partial charge is 0.496 e. The average molecular weight is 338 g/mol. The standard InChI is InChI=1S/C20H22N2O3/c1-14-7-6-10-17(25-2)19(14)20(24)21-12-15-11-18(23)22(13-15)16-8-4-3-5-9-16/h3-10,15H,11-13H2,1-2H3,(H,21,24). The zero-order chi connectivity index (χ0) is 17.8. The lowest BCUT2D eigenvalue weighted by Crippen LogP contribution is -2.31. The molecule has 1 unspecified atom stereocenters. The number of carbonyl (C=O) groups excluding carboxylic acids is 2. The molecule has 2 aromatic rings. The highest BCUT2D eigenvalue weighted by Gasteiger charge is 2.31. The van der Waals surface area contributed by atoms with Crippen molar-refractivity contribution >= 4 is 17.5 Å². The first-order valence-corrected chi connectivity index (χ1v) is 8.37. The van der Waals surface area contributed by atoms with Gasteiger partial charge in [-0.25, -0.2) is 0 Å². The summed E-state index contributed by atoms with van der Waals surface area (Å²) in [6.07, 6.45) is 0.445. The van der Waals surface area contributed by atoms with Gasteiger partial charge >= 0.3 is 0 Å². The highest BCUT2D eigenvalue weighted by Crippen LogP contribution is 2.25. The van der Waals surface area contributed by atoms with Crippen molar-refractivity contribution in [3.63, 3.8) is 0 Å². The summed E-state index contributed by atoms with van der Waals surface area (Å²) >= 11 is 0. The summed E-state index contributed by atoms with van der Waals surface area (Å²) in [4.78, 5) is 26.6. The second kappa shape index (κ2) is 7.38. The Morgan fingerprint density at radius 3 is 2.68 bits per heavy atom. The van der Waals surface area contributed by atoms with Crippen LogP contribution in [0.3, 0.4) is 0 Å². The minimum atomic E-state index is -0.166. The van der Waals surface area contributed by atoms with Crippen LogP contribution >= 0.6 is 0 Å². The van der Waals surface area contributed by atoms with Crippen molar-refractivity contribution in [1.82, 2.24) is 5.32 Å². The Morgan fingerprint density at radius 1 is 1.20 bits per heavy atom. The summed E-state index contributed by atoms with van der Waals surface area (Å²) in [7, 11) is 1.55. The fourth-order valence-corrected chi connectivity index (χ4v) is 3.20. The molecule has 1 saturated heterocycles. The Labute approximate surface area is 147 Å². The molecule has 0 saturated carbocycles. The van der Waals surface area contributed by atoms with Gasteiger partial charge in [0.25, 0.3) is 5.91 Å². The van der Waals surface area contributed by atoms with Gasteiger partial charge in [0.15, 0.2) is 0 Å². The van der Waals surface area contributed by atoms with Gasteiger partial charge in [0, 0.05) is 31.1 Å². The molecule has 130 valence electrons. The quantitative estimate of drug-likeness (QED) is 0.912. The second-order valence-corrected chi connectivity index (χ2v) is 6.27. The second-order valence-electron chi connectivity index (χ2n) is 6.27. The maximum absolute atomic E-state index is 12.5. The number of para-hydroxylation sites is 1. The van der Waals surface area contributed by atoms with E-state index in [1.807, 2.05) is 49.4 Å². The molecule has 1 N–H and O–H groups in total. The zero-order valence-electron chi connectivity index (χ0n) is 14.5. The van der Waals surface area contributed by atoms with Crippen molar-refractivity contribution in [2.45, 2.75) is 13.3 Å². The molecule has 0 aliphatic carbocycles. The molecule has 1 aliphatic heterocycles. The van der Waals surface area contributed by atoms with Crippen molar-refractivity contribution < 1.29 is 14.3 Å². The third kappa shape index (κ3) is 3.65. The van der Waals surface area contributed by atoms with Crippen LogP contribution in [0.5, 0.6) is 5.75 Å². The SMILES string of the molecule is COc1cccc(C)c1C(=O)NCC1CC(=O)N(c2ccccc2)C1. The smallest absolute Gasteiger partial charge is 0.255 e. The number of hydrogen-bond acceptors (Lipinski definition) is 3. The fourth-order valence-electron chi connectivity index (χ4n) is 3.20. The molecule has 0 radical (unpaired) electrons. The van der Waals surface area contributed by atoms with Gasteiger partial charge < -0.3 is 15.0 Å². The van der Waals surface area contributed by atoms with Crippen LogP contribution in [0.1, 0.15) is 22.3 Å². The van der Waals surface area contributed by atoms with E-state index in [2.05, 4.69) is 5.32 Å². The monoisotopic (exact) mass is 338 g/mol. The lowest BCUT2D eigenvalue weighted by atomic mass is 10.1. The topological polar surface area (TPSA) is 58.6 Å². The highest BCUT2D eigenvalue weighted by atomic mass is 16.5. The Bertz CT molecular complexity index is 774. The normalized spacial score (nSPS) is 16.8. The third-order valence-electron chi connectivity index (χ3n) is 4.51. The maximum Gasteiger partial charge on any atom is 0.255 e. The Kier molecular flexibility index (Phi) is 5.03. The molecule has 2 aromatic carbocycles.